The van der Waals surface area contributed by atoms with E-state index >= 15 is 0 Å². The van der Waals surface area contributed by atoms with E-state index in [4.69, 9.17) is 4.74 Å². The Morgan fingerprint density at radius 1 is 0.825 bits per heavy atom. The molecule has 1 heterocycles. The molecule has 0 spiro atoms. The number of hydrogen-bond donors (Lipinski definition) is 2. The van der Waals surface area contributed by atoms with Gasteiger partial charge in [-0.05, 0) is 106 Å². The van der Waals surface area contributed by atoms with Crippen LogP contribution in [-0.2, 0) is 24.9 Å². The van der Waals surface area contributed by atoms with Crippen LogP contribution in [-0.4, -0.2) is 44.7 Å². The van der Waals surface area contributed by atoms with Crippen LogP contribution in [0.4, 0.5) is 0 Å². The zero-order chi connectivity index (χ0) is 27.6. The van der Waals surface area contributed by atoms with Gasteiger partial charge in [0, 0.05) is 24.5 Å². The Morgan fingerprint density at radius 3 is 2.10 bits per heavy atom. The normalized spacial score (nSPS) is 23.4. The van der Waals surface area contributed by atoms with Crippen molar-refractivity contribution in [3.05, 3.63) is 101 Å². The lowest BCUT2D eigenvalue weighted by Crippen LogP contribution is -2.59. The monoisotopic (exact) mass is 539 g/mol. The van der Waals surface area contributed by atoms with Crippen molar-refractivity contribution < 1.29 is 4.74 Å². The van der Waals surface area contributed by atoms with E-state index in [-0.39, 0.29) is 0 Å². The van der Waals surface area contributed by atoms with Gasteiger partial charge in [-0.2, -0.15) is 0 Å². The van der Waals surface area contributed by atoms with Gasteiger partial charge in [-0.3, -0.25) is 0 Å². The predicted molar refractivity (Wildman–Crippen MR) is 167 cm³/mol. The molecular weight excluding hydrogens is 490 g/mol. The highest BCUT2D eigenvalue weighted by Crippen LogP contribution is 2.55. The second-order valence-electron chi connectivity index (χ2n) is 12.1. The molecule has 4 nitrogen and oxygen atoms in total. The van der Waals surface area contributed by atoms with Crippen LogP contribution in [0.2, 0.25) is 0 Å². The number of likely N-dealkylation sites (N-methyl/N-ethyl adjacent to an activating group) is 1. The highest BCUT2D eigenvalue weighted by molar-refractivity contribution is 5.45. The van der Waals surface area contributed by atoms with Gasteiger partial charge in [0.2, 0.25) is 0 Å². The highest BCUT2D eigenvalue weighted by atomic mass is 16.5. The Labute approximate surface area is 242 Å². The molecule has 2 aliphatic carbocycles. The first-order chi connectivity index (χ1) is 19.7. The first kappa shape index (κ1) is 28.9. The van der Waals surface area contributed by atoms with Crippen molar-refractivity contribution in [1.82, 2.24) is 15.5 Å². The van der Waals surface area contributed by atoms with Gasteiger partial charge in [0.15, 0.2) is 0 Å². The topological polar surface area (TPSA) is 36.5 Å². The molecular formula is C36H49N3O. The van der Waals surface area contributed by atoms with E-state index in [0.29, 0.717) is 5.41 Å². The summed E-state index contributed by atoms with van der Waals surface area (Å²) in [5.74, 6) is 1.91. The summed E-state index contributed by atoms with van der Waals surface area (Å²) in [7, 11) is 4.12. The van der Waals surface area contributed by atoms with E-state index in [1.165, 1.54) is 69.0 Å². The number of nitrogens with zero attached hydrogens (tertiary/aromatic N) is 1. The summed E-state index contributed by atoms with van der Waals surface area (Å²) in [5.41, 5.74) is 6.38. The summed E-state index contributed by atoms with van der Waals surface area (Å²) in [5, 5.41) is 6.96. The Kier molecular flexibility index (Phi) is 10.3. The molecule has 0 radical (unpaired) electrons. The minimum absolute atomic E-state index is 0.456. The SMILES string of the molecule is COc1ccc2c(c1)[C@]13CCCC[C@@H]1[C@H](C2)N(C)CC3.c1ccc(CNCCCCNCc2ccccc2)cc1. The zero-order valence-electron chi connectivity index (χ0n) is 24.7. The predicted octanol–water partition coefficient (Wildman–Crippen LogP) is 6.73. The molecule has 40 heavy (non-hydrogen) atoms. The summed E-state index contributed by atoms with van der Waals surface area (Å²) in [6.07, 6.45) is 10.7. The molecule has 1 saturated carbocycles. The molecule has 3 aliphatic rings. The van der Waals surface area contributed by atoms with Gasteiger partial charge >= 0.3 is 0 Å². The van der Waals surface area contributed by atoms with Crippen LogP contribution in [0, 0.1) is 5.92 Å². The van der Waals surface area contributed by atoms with Crippen LogP contribution in [0.1, 0.15) is 67.2 Å². The summed E-state index contributed by atoms with van der Waals surface area (Å²) >= 11 is 0. The average Bonchev–Trinajstić information content (AvgIpc) is 3.01. The van der Waals surface area contributed by atoms with E-state index in [9.17, 15) is 0 Å². The number of benzene rings is 3. The Bertz CT molecular complexity index is 1120. The highest BCUT2D eigenvalue weighted by Gasteiger charge is 2.53. The maximum absolute atomic E-state index is 5.51. The first-order valence-electron chi connectivity index (χ1n) is 15.6. The first-order valence-corrected chi connectivity index (χ1v) is 15.6. The number of piperidine rings is 1. The van der Waals surface area contributed by atoms with E-state index in [1.54, 1.807) is 18.2 Å². The zero-order valence-corrected chi connectivity index (χ0v) is 24.7. The number of fused-ring (bicyclic) bond motifs is 1. The fourth-order valence-electron chi connectivity index (χ4n) is 7.46. The van der Waals surface area contributed by atoms with Gasteiger partial charge in [-0.1, -0.05) is 79.6 Å². The molecule has 2 bridgehead atoms. The Morgan fingerprint density at radius 2 is 1.48 bits per heavy atom. The van der Waals surface area contributed by atoms with E-state index in [2.05, 4.69) is 101 Å². The number of ether oxygens (including phenoxy) is 1. The van der Waals surface area contributed by atoms with Crippen molar-refractivity contribution in [2.75, 3.05) is 33.8 Å². The maximum atomic E-state index is 5.51. The van der Waals surface area contributed by atoms with Gasteiger partial charge in [0.25, 0.3) is 0 Å². The second kappa shape index (κ2) is 14.3. The summed E-state index contributed by atoms with van der Waals surface area (Å²) in [4.78, 5) is 2.63. The minimum atomic E-state index is 0.456. The standard InChI is InChI=1S/C18H24N2.C18H25NO/c1-3-9-17(10-4-1)15-19-13-7-8-14-20-16-18-11-5-2-6-12-18;1-19-10-9-18-8-4-3-5-15(18)17(19)11-13-6-7-14(20-2)12-16(13)18/h1-6,9-12,19-20H,7-8,13-16H2;6-7,12,15,17H,3-5,8-11H2,1-2H3/t;15-,17+,18+/m.1/s1. The molecule has 0 aromatic heterocycles. The van der Waals surface area contributed by atoms with Gasteiger partial charge in [0.1, 0.15) is 5.75 Å². The maximum Gasteiger partial charge on any atom is 0.119 e. The molecule has 3 atom stereocenters. The van der Waals surface area contributed by atoms with E-state index in [1.807, 2.05) is 0 Å². The lowest BCUT2D eigenvalue weighted by Gasteiger charge is -2.58. The number of unbranched alkanes of at least 4 members (excludes halogenated alkanes) is 1. The van der Waals surface area contributed by atoms with Crippen LogP contribution in [0.25, 0.3) is 0 Å². The van der Waals surface area contributed by atoms with Crippen LogP contribution < -0.4 is 15.4 Å². The third kappa shape index (κ3) is 6.97. The molecule has 1 saturated heterocycles. The Balaban J connectivity index is 0.000000161. The molecule has 0 unspecified atom stereocenters. The van der Waals surface area contributed by atoms with Crippen LogP contribution in [0.3, 0.4) is 0 Å². The van der Waals surface area contributed by atoms with Gasteiger partial charge < -0.3 is 20.3 Å². The lowest BCUT2D eigenvalue weighted by atomic mass is 9.52. The number of likely N-dealkylation sites (tertiary alicyclic amines) is 1. The van der Waals surface area contributed by atoms with Crippen molar-refractivity contribution in [2.45, 2.75) is 75.9 Å². The lowest BCUT2D eigenvalue weighted by molar-refractivity contribution is 0.00274. The fourth-order valence-corrected chi connectivity index (χ4v) is 7.46. The minimum Gasteiger partial charge on any atom is -0.497 e. The Hall–Kier alpha value is -2.66. The molecule has 2 N–H and O–H groups in total. The van der Waals surface area contributed by atoms with Crippen molar-refractivity contribution in [3.63, 3.8) is 0 Å². The van der Waals surface area contributed by atoms with E-state index < -0.39 is 0 Å². The van der Waals surface area contributed by atoms with Crippen molar-refractivity contribution >= 4 is 0 Å². The van der Waals surface area contributed by atoms with Crippen molar-refractivity contribution in [1.29, 1.82) is 0 Å². The molecule has 2 fully saturated rings. The third-order valence-corrected chi connectivity index (χ3v) is 9.62. The fraction of sp³-hybridized carbons (Fsp3) is 0.500. The third-order valence-electron chi connectivity index (χ3n) is 9.62. The van der Waals surface area contributed by atoms with Crippen molar-refractivity contribution in [2.24, 2.45) is 5.92 Å². The molecule has 1 aliphatic heterocycles. The molecule has 6 rings (SSSR count). The summed E-state index contributed by atoms with van der Waals surface area (Å²) < 4.78 is 5.51. The van der Waals surface area contributed by atoms with Gasteiger partial charge in [0.05, 0.1) is 7.11 Å². The number of methoxy groups -OCH3 is 1. The molecule has 0 amide bonds. The smallest absolute Gasteiger partial charge is 0.119 e. The molecule has 4 heteroatoms. The number of rotatable bonds is 10. The average molecular weight is 540 g/mol. The van der Waals surface area contributed by atoms with Gasteiger partial charge in [-0.15, -0.1) is 0 Å². The second-order valence-corrected chi connectivity index (χ2v) is 12.1. The summed E-state index contributed by atoms with van der Waals surface area (Å²) in [6.45, 7) is 5.37. The number of nitrogens with one attached hydrogen (secondary N) is 2. The summed E-state index contributed by atoms with van der Waals surface area (Å²) in [6, 6.07) is 28.7. The van der Waals surface area contributed by atoms with Gasteiger partial charge in [-0.25, -0.2) is 0 Å². The largest absolute Gasteiger partial charge is 0.497 e. The van der Waals surface area contributed by atoms with E-state index in [0.717, 1.165) is 43.9 Å². The van der Waals surface area contributed by atoms with Crippen LogP contribution in [0.15, 0.2) is 78.9 Å². The quantitative estimate of drug-likeness (QED) is 0.280. The van der Waals surface area contributed by atoms with Crippen LogP contribution in [0.5, 0.6) is 5.75 Å². The molecule has 214 valence electrons. The number of hydrogen-bond acceptors (Lipinski definition) is 4. The van der Waals surface area contributed by atoms with Crippen LogP contribution >= 0.6 is 0 Å². The molecule has 3 aromatic rings. The molecule has 3 aromatic carbocycles. The van der Waals surface area contributed by atoms with Crippen molar-refractivity contribution in [3.8, 4) is 5.75 Å².